The van der Waals surface area contributed by atoms with E-state index in [2.05, 4.69) is 15.3 Å². The zero-order chi connectivity index (χ0) is 22.9. The Morgan fingerprint density at radius 3 is 2.66 bits per heavy atom. The minimum atomic E-state index is -3.70. The van der Waals surface area contributed by atoms with E-state index in [0.29, 0.717) is 56.3 Å². The molecule has 0 unspecified atom stereocenters. The van der Waals surface area contributed by atoms with Crippen LogP contribution in [0.25, 0.3) is 11.4 Å². The molecule has 1 aliphatic rings. The van der Waals surface area contributed by atoms with Crippen molar-refractivity contribution >= 4 is 15.7 Å². The van der Waals surface area contributed by atoms with Crippen molar-refractivity contribution in [2.24, 2.45) is 0 Å². The lowest BCUT2D eigenvalue weighted by Crippen LogP contribution is -2.35. The van der Waals surface area contributed by atoms with Crippen LogP contribution < -0.4 is 0 Å². The minimum Gasteiger partial charge on any atom is -0.360 e. The molecule has 1 aromatic carbocycles. The van der Waals surface area contributed by atoms with Crippen LogP contribution in [0.1, 0.15) is 23.8 Å². The first kappa shape index (κ1) is 22.0. The van der Waals surface area contributed by atoms with E-state index in [0.717, 1.165) is 0 Å². The number of hydrogen-bond donors (Lipinski definition) is 0. The van der Waals surface area contributed by atoms with Crippen molar-refractivity contribution < 1.29 is 22.4 Å². The van der Waals surface area contributed by atoms with Gasteiger partial charge in [0, 0.05) is 37.3 Å². The van der Waals surface area contributed by atoms with Crippen LogP contribution in [0.2, 0.25) is 0 Å². The smallest absolute Gasteiger partial charge is 0.270 e. The lowest BCUT2D eigenvalue weighted by atomic mass is 10.2. The van der Waals surface area contributed by atoms with Crippen molar-refractivity contribution in [2.75, 3.05) is 26.2 Å². The van der Waals surface area contributed by atoms with E-state index in [1.54, 1.807) is 26.0 Å². The van der Waals surface area contributed by atoms with E-state index in [4.69, 9.17) is 9.05 Å². The third-order valence-electron chi connectivity index (χ3n) is 5.26. The summed E-state index contributed by atoms with van der Waals surface area (Å²) in [5.41, 5.74) is 0.783. The van der Waals surface area contributed by atoms with Crippen molar-refractivity contribution in [3.63, 3.8) is 0 Å². The molecule has 0 spiro atoms. The lowest BCUT2D eigenvalue weighted by Gasteiger charge is -2.20. The SMILES string of the molecule is Cc1noc(C)c1S(=O)(=O)N1CCCN(Cc2nc(-c3cccc([N+](=O)[O-])c3)no2)CC1. The molecule has 0 amide bonds. The molecular weight excluding hydrogens is 440 g/mol. The molecule has 0 bridgehead atoms. The second-order valence-corrected chi connectivity index (χ2v) is 9.38. The molecule has 4 rings (SSSR count). The standard InChI is InChI=1S/C19H22N6O6S/c1-13-18(14(2)30-21-13)32(28,29)24-8-4-7-23(9-10-24)12-17-20-19(22-31-17)15-5-3-6-16(11-15)25(26)27/h3,5-6,11H,4,7-10,12H2,1-2H3. The molecule has 2 aromatic heterocycles. The third kappa shape index (κ3) is 4.40. The van der Waals surface area contributed by atoms with Gasteiger partial charge < -0.3 is 9.05 Å². The summed E-state index contributed by atoms with van der Waals surface area (Å²) in [7, 11) is -3.70. The van der Waals surface area contributed by atoms with Crippen molar-refractivity contribution in [3.8, 4) is 11.4 Å². The molecule has 0 atom stereocenters. The van der Waals surface area contributed by atoms with E-state index in [1.807, 2.05) is 4.90 Å². The highest BCUT2D eigenvalue weighted by Gasteiger charge is 2.32. The Morgan fingerprint density at radius 2 is 1.94 bits per heavy atom. The Labute approximate surface area is 184 Å². The topological polar surface area (TPSA) is 149 Å². The van der Waals surface area contributed by atoms with Crippen molar-refractivity contribution in [2.45, 2.75) is 31.7 Å². The highest BCUT2D eigenvalue weighted by molar-refractivity contribution is 7.89. The van der Waals surface area contributed by atoms with Crippen molar-refractivity contribution in [1.29, 1.82) is 0 Å². The van der Waals surface area contributed by atoms with Crippen LogP contribution in [0.15, 0.2) is 38.2 Å². The Balaban J connectivity index is 1.43. The summed E-state index contributed by atoms with van der Waals surface area (Å²) in [5, 5.41) is 18.7. The van der Waals surface area contributed by atoms with E-state index < -0.39 is 14.9 Å². The maximum atomic E-state index is 13.1. The van der Waals surface area contributed by atoms with Gasteiger partial charge in [-0.3, -0.25) is 15.0 Å². The van der Waals surface area contributed by atoms with Gasteiger partial charge in [0.1, 0.15) is 10.6 Å². The molecule has 12 nitrogen and oxygen atoms in total. The van der Waals surface area contributed by atoms with Gasteiger partial charge in [-0.1, -0.05) is 22.4 Å². The molecule has 1 aliphatic heterocycles. The molecule has 0 aliphatic carbocycles. The predicted octanol–water partition coefficient (Wildman–Crippen LogP) is 2.15. The van der Waals surface area contributed by atoms with Gasteiger partial charge in [0.05, 0.1) is 11.5 Å². The van der Waals surface area contributed by atoms with Gasteiger partial charge in [0.15, 0.2) is 5.76 Å². The molecule has 170 valence electrons. The minimum absolute atomic E-state index is 0.0547. The van der Waals surface area contributed by atoms with Gasteiger partial charge in [0.2, 0.25) is 21.7 Å². The number of benzene rings is 1. The van der Waals surface area contributed by atoms with Gasteiger partial charge in [-0.05, 0) is 26.8 Å². The van der Waals surface area contributed by atoms with E-state index in [9.17, 15) is 18.5 Å². The van der Waals surface area contributed by atoms with Gasteiger partial charge in [-0.25, -0.2) is 8.42 Å². The quantitative estimate of drug-likeness (QED) is 0.394. The molecule has 3 aromatic rings. The summed E-state index contributed by atoms with van der Waals surface area (Å²) in [5.74, 6) is 0.901. The second-order valence-electron chi connectivity index (χ2n) is 7.51. The number of non-ortho nitro benzene ring substituents is 1. The molecule has 32 heavy (non-hydrogen) atoms. The summed E-state index contributed by atoms with van der Waals surface area (Å²) in [6.45, 7) is 5.37. The maximum Gasteiger partial charge on any atom is 0.270 e. The van der Waals surface area contributed by atoms with Crippen LogP contribution in [0.5, 0.6) is 0 Å². The summed E-state index contributed by atoms with van der Waals surface area (Å²) >= 11 is 0. The summed E-state index contributed by atoms with van der Waals surface area (Å²) in [6.07, 6.45) is 0.633. The molecule has 0 radical (unpaired) electrons. The number of nitro groups is 1. The number of rotatable bonds is 6. The summed E-state index contributed by atoms with van der Waals surface area (Å²) < 4.78 is 37.9. The Kier molecular flexibility index (Phi) is 6.04. The van der Waals surface area contributed by atoms with Gasteiger partial charge in [-0.2, -0.15) is 9.29 Å². The fourth-order valence-electron chi connectivity index (χ4n) is 3.70. The maximum absolute atomic E-state index is 13.1. The predicted molar refractivity (Wildman–Crippen MR) is 111 cm³/mol. The fourth-order valence-corrected chi connectivity index (χ4v) is 5.46. The normalized spacial score (nSPS) is 16.2. The summed E-state index contributed by atoms with van der Waals surface area (Å²) in [4.78, 5) is 17.0. The Morgan fingerprint density at radius 1 is 1.12 bits per heavy atom. The first-order valence-electron chi connectivity index (χ1n) is 9.98. The molecule has 3 heterocycles. The first-order chi connectivity index (χ1) is 15.3. The third-order valence-corrected chi connectivity index (χ3v) is 7.40. The number of aromatic nitrogens is 3. The monoisotopic (exact) mass is 462 g/mol. The highest BCUT2D eigenvalue weighted by atomic mass is 32.2. The molecular formula is C19H22N6O6S. The van der Waals surface area contributed by atoms with Crippen LogP contribution >= 0.6 is 0 Å². The molecule has 1 saturated heterocycles. The molecule has 0 N–H and O–H groups in total. The van der Waals surface area contributed by atoms with Crippen molar-refractivity contribution in [3.05, 3.63) is 51.7 Å². The first-order valence-corrected chi connectivity index (χ1v) is 11.4. The summed E-state index contributed by atoms with van der Waals surface area (Å²) in [6, 6.07) is 6.01. The van der Waals surface area contributed by atoms with Crippen LogP contribution in [0, 0.1) is 24.0 Å². The van der Waals surface area contributed by atoms with E-state index >= 15 is 0 Å². The van der Waals surface area contributed by atoms with E-state index in [-0.39, 0.29) is 22.2 Å². The molecule has 13 heteroatoms. The van der Waals surface area contributed by atoms with Gasteiger partial charge >= 0.3 is 0 Å². The van der Waals surface area contributed by atoms with Crippen molar-refractivity contribution in [1.82, 2.24) is 24.5 Å². The highest BCUT2D eigenvalue weighted by Crippen LogP contribution is 2.25. The number of nitro benzene ring substituents is 1. The average molecular weight is 462 g/mol. The van der Waals surface area contributed by atoms with Crippen LogP contribution in [0.3, 0.4) is 0 Å². The Bertz CT molecular complexity index is 1220. The zero-order valence-corrected chi connectivity index (χ0v) is 18.4. The largest absolute Gasteiger partial charge is 0.360 e. The second kappa shape index (κ2) is 8.76. The van der Waals surface area contributed by atoms with Crippen LogP contribution in [-0.4, -0.2) is 64.0 Å². The number of hydrogen-bond acceptors (Lipinski definition) is 10. The number of nitrogens with zero attached hydrogens (tertiary/aromatic N) is 6. The molecule has 0 saturated carbocycles. The van der Waals surface area contributed by atoms with E-state index in [1.165, 1.54) is 16.4 Å². The molecule has 1 fully saturated rings. The lowest BCUT2D eigenvalue weighted by molar-refractivity contribution is -0.384. The van der Waals surface area contributed by atoms with Crippen LogP contribution in [-0.2, 0) is 16.6 Å². The zero-order valence-electron chi connectivity index (χ0n) is 17.6. The van der Waals surface area contributed by atoms with Gasteiger partial charge in [-0.15, -0.1) is 0 Å². The average Bonchev–Trinajstić information content (AvgIpc) is 3.27. The number of sulfonamides is 1. The number of aryl methyl sites for hydroxylation is 2. The Hall–Kier alpha value is -3.16. The van der Waals surface area contributed by atoms with Gasteiger partial charge in [0.25, 0.3) is 5.69 Å². The van der Waals surface area contributed by atoms with Crippen LogP contribution in [0.4, 0.5) is 5.69 Å². The fraction of sp³-hybridized carbons (Fsp3) is 0.421.